The quantitative estimate of drug-likeness (QED) is 0.675. The van der Waals surface area contributed by atoms with E-state index in [1.54, 1.807) is 27.9 Å². The number of carbonyl (C=O) groups excluding carboxylic acids is 2. The maximum Gasteiger partial charge on any atom is 0.258 e. The Morgan fingerprint density at radius 3 is 2.45 bits per heavy atom. The summed E-state index contributed by atoms with van der Waals surface area (Å²) in [6.45, 7) is 0.969. The van der Waals surface area contributed by atoms with Crippen LogP contribution in [0.3, 0.4) is 0 Å². The van der Waals surface area contributed by atoms with Crippen molar-refractivity contribution in [3.8, 4) is 16.9 Å². The van der Waals surface area contributed by atoms with Crippen molar-refractivity contribution < 1.29 is 9.59 Å². The maximum absolute atomic E-state index is 13.9. The Labute approximate surface area is 185 Å². The highest BCUT2D eigenvalue weighted by Gasteiger charge is 2.50. The van der Waals surface area contributed by atoms with Gasteiger partial charge in [0.15, 0.2) is 0 Å². The average Bonchev–Trinajstić information content (AvgIpc) is 3.45. The minimum atomic E-state index is -0.749. The number of aromatic nitrogens is 2. The molecular weight excluding hydrogens is 412 g/mol. The number of para-hydroxylation sites is 1. The van der Waals surface area contributed by atoms with E-state index in [0.29, 0.717) is 42.2 Å². The molecule has 0 unspecified atom stereocenters. The largest absolute Gasteiger partial charge is 0.352 e. The van der Waals surface area contributed by atoms with Crippen molar-refractivity contribution in [2.75, 3.05) is 13.1 Å². The molecule has 2 aromatic carbocycles. The van der Waals surface area contributed by atoms with Crippen LogP contribution in [0.15, 0.2) is 60.8 Å². The van der Waals surface area contributed by atoms with Crippen molar-refractivity contribution in [1.29, 1.82) is 0 Å². The Kier molecular flexibility index (Phi) is 5.02. The number of rotatable bonds is 3. The van der Waals surface area contributed by atoms with Crippen LogP contribution in [0.5, 0.6) is 0 Å². The molecule has 0 atom stereocenters. The van der Waals surface area contributed by atoms with E-state index in [1.165, 1.54) is 0 Å². The standard InChI is InChI=1S/C24H23ClN4O2/c25-18-10-8-17(9-11-18)21-20(16-29(27-21)19-6-2-1-3-7-19)22(30)28-15-14-26-23(31)24(28)12-4-5-13-24/h1-3,6-11,16H,4-5,12-15H2,(H,26,31). The summed E-state index contributed by atoms with van der Waals surface area (Å²) < 4.78 is 1.72. The van der Waals surface area contributed by atoms with Gasteiger partial charge in [-0.25, -0.2) is 4.68 Å². The summed E-state index contributed by atoms with van der Waals surface area (Å²) in [7, 11) is 0. The van der Waals surface area contributed by atoms with Crippen LogP contribution in [0.2, 0.25) is 5.02 Å². The summed E-state index contributed by atoms with van der Waals surface area (Å²) in [6, 6.07) is 17.0. The van der Waals surface area contributed by atoms with E-state index >= 15 is 0 Å². The molecule has 1 aliphatic carbocycles. The van der Waals surface area contributed by atoms with Gasteiger partial charge in [-0.3, -0.25) is 9.59 Å². The van der Waals surface area contributed by atoms with Crippen molar-refractivity contribution in [2.24, 2.45) is 0 Å². The van der Waals surface area contributed by atoms with Crippen LogP contribution in [0, 0.1) is 0 Å². The molecule has 1 N–H and O–H groups in total. The molecule has 2 aliphatic rings. The minimum Gasteiger partial charge on any atom is -0.352 e. The summed E-state index contributed by atoms with van der Waals surface area (Å²) in [5, 5.41) is 8.34. The molecule has 158 valence electrons. The highest BCUT2D eigenvalue weighted by Crippen LogP contribution is 2.38. The molecular formula is C24H23ClN4O2. The molecule has 7 heteroatoms. The third-order valence-corrected chi connectivity index (χ3v) is 6.57. The van der Waals surface area contributed by atoms with E-state index in [-0.39, 0.29) is 11.8 Å². The number of nitrogens with zero attached hydrogens (tertiary/aromatic N) is 3. The van der Waals surface area contributed by atoms with Gasteiger partial charge in [0.25, 0.3) is 5.91 Å². The number of carbonyl (C=O) groups is 2. The zero-order valence-corrected chi connectivity index (χ0v) is 17.8. The van der Waals surface area contributed by atoms with Crippen molar-refractivity contribution in [2.45, 2.75) is 31.2 Å². The van der Waals surface area contributed by atoms with Crippen LogP contribution in [0.1, 0.15) is 36.0 Å². The maximum atomic E-state index is 13.9. The molecule has 2 heterocycles. The Morgan fingerprint density at radius 2 is 1.74 bits per heavy atom. The lowest BCUT2D eigenvalue weighted by Gasteiger charge is -2.43. The molecule has 1 saturated carbocycles. The molecule has 3 aromatic rings. The molecule has 6 nitrogen and oxygen atoms in total. The van der Waals surface area contributed by atoms with E-state index < -0.39 is 5.54 Å². The van der Waals surface area contributed by atoms with Crippen LogP contribution in [-0.2, 0) is 4.79 Å². The fourth-order valence-corrected chi connectivity index (χ4v) is 4.87. The van der Waals surface area contributed by atoms with E-state index in [4.69, 9.17) is 16.7 Å². The second-order valence-corrected chi connectivity index (χ2v) is 8.57. The Hall–Kier alpha value is -3.12. The molecule has 31 heavy (non-hydrogen) atoms. The SMILES string of the molecule is O=C(c1cn(-c2ccccc2)nc1-c1ccc(Cl)cc1)N1CCNC(=O)C12CCCC2. The Bertz CT molecular complexity index is 1120. The predicted molar refractivity (Wildman–Crippen MR) is 119 cm³/mol. The first kappa shape index (κ1) is 19.8. The normalized spacial score (nSPS) is 17.7. The summed E-state index contributed by atoms with van der Waals surface area (Å²) in [4.78, 5) is 28.5. The fraction of sp³-hybridized carbons (Fsp3) is 0.292. The molecule has 1 saturated heterocycles. The number of halogens is 1. The second-order valence-electron chi connectivity index (χ2n) is 8.13. The van der Waals surface area contributed by atoms with Crippen molar-refractivity contribution in [3.05, 3.63) is 71.4 Å². The second kappa shape index (κ2) is 7.85. The highest BCUT2D eigenvalue weighted by molar-refractivity contribution is 6.30. The topological polar surface area (TPSA) is 67.2 Å². The monoisotopic (exact) mass is 434 g/mol. The van der Waals surface area contributed by atoms with Gasteiger partial charge in [0.05, 0.1) is 11.3 Å². The highest BCUT2D eigenvalue weighted by atomic mass is 35.5. The van der Waals surface area contributed by atoms with Gasteiger partial charge in [0.1, 0.15) is 11.2 Å². The van der Waals surface area contributed by atoms with Crippen LogP contribution in [0.4, 0.5) is 0 Å². The van der Waals surface area contributed by atoms with E-state index in [2.05, 4.69) is 5.32 Å². The van der Waals surface area contributed by atoms with Gasteiger partial charge in [-0.2, -0.15) is 5.10 Å². The number of piperazine rings is 1. The first-order valence-corrected chi connectivity index (χ1v) is 11.0. The van der Waals surface area contributed by atoms with Gasteiger partial charge < -0.3 is 10.2 Å². The third kappa shape index (κ3) is 3.41. The van der Waals surface area contributed by atoms with Gasteiger partial charge in [0, 0.05) is 29.9 Å². The van der Waals surface area contributed by atoms with Crippen LogP contribution in [0.25, 0.3) is 16.9 Å². The van der Waals surface area contributed by atoms with Crippen molar-refractivity contribution in [3.63, 3.8) is 0 Å². The minimum absolute atomic E-state index is 0.0342. The molecule has 1 aromatic heterocycles. The number of hydrogen-bond donors (Lipinski definition) is 1. The first-order valence-electron chi connectivity index (χ1n) is 10.6. The number of amides is 2. The summed E-state index contributed by atoms with van der Waals surface area (Å²) in [5.41, 5.74) is 2.01. The van der Waals surface area contributed by atoms with Crippen LogP contribution >= 0.6 is 11.6 Å². The molecule has 1 aliphatic heterocycles. The van der Waals surface area contributed by atoms with E-state index in [9.17, 15) is 9.59 Å². The Balaban J connectivity index is 1.61. The average molecular weight is 435 g/mol. The smallest absolute Gasteiger partial charge is 0.258 e. The van der Waals surface area contributed by atoms with Gasteiger partial charge in [0.2, 0.25) is 5.91 Å². The number of benzene rings is 2. The fourth-order valence-electron chi connectivity index (χ4n) is 4.74. The Morgan fingerprint density at radius 1 is 1.03 bits per heavy atom. The molecule has 2 fully saturated rings. The summed E-state index contributed by atoms with van der Waals surface area (Å²) in [5.74, 6) is -0.183. The molecule has 1 spiro atoms. The zero-order chi connectivity index (χ0) is 21.4. The zero-order valence-electron chi connectivity index (χ0n) is 17.1. The van der Waals surface area contributed by atoms with E-state index in [0.717, 1.165) is 24.1 Å². The molecule has 5 rings (SSSR count). The van der Waals surface area contributed by atoms with Crippen molar-refractivity contribution >= 4 is 23.4 Å². The lowest BCUT2D eigenvalue weighted by molar-refractivity contribution is -0.134. The summed E-state index contributed by atoms with van der Waals surface area (Å²) >= 11 is 6.08. The van der Waals surface area contributed by atoms with Gasteiger partial charge in [-0.15, -0.1) is 0 Å². The van der Waals surface area contributed by atoms with Crippen molar-refractivity contribution in [1.82, 2.24) is 20.0 Å². The van der Waals surface area contributed by atoms with Gasteiger partial charge in [-0.05, 0) is 37.1 Å². The molecule has 2 amide bonds. The summed E-state index contributed by atoms with van der Waals surface area (Å²) in [6.07, 6.45) is 5.08. The van der Waals surface area contributed by atoms with E-state index in [1.807, 2.05) is 42.5 Å². The number of nitrogens with one attached hydrogen (secondary N) is 1. The predicted octanol–water partition coefficient (Wildman–Crippen LogP) is 4.08. The lowest BCUT2D eigenvalue weighted by Crippen LogP contribution is -2.65. The van der Waals surface area contributed by atoms with Gasteiger partial charge in [-0.1, -0.05) is 54.8 Å². The first-order chi connectivity index (χ1) is 15.1. The lowest BCUT2D eigenvalue weighted by atomic mass is 9.90. The van der Waals surface area contributed by atoms with Crippen LogP contribution in [-0.4, -0.2) is 45.1 Å². The molecule has 0 radical (unpaired) electrons. The van der Waals surface area contributed by atoms with Gasteiger partial charge >= 0.3 is 0 Å². The number of hydrogen-bond acceptors (Lipinski definition) is 3. The third-order valence-electron chi connectivity index (χ3n) is 6.32. The molecule has 0 bridgehead atoms. The van der Waals surface area contributed by atoms with Crippen LogP contribution < -0.4 is 5.32 Å².